The van der Waals surface area contributed by atoms with E-state index in [1.807, 2.05) is 0 Å². The highest BCUT2D eigenvalue weighted by atomic mass is 35.5. The Bertz CT molecular complexity index is 488. The second-order valence-electron chi connectivity index (χ2n) is 3.38. The molecule has 0 aliphatic heterocycles. The van der Waals surface area contributed by atoms with Crippen LogP contribution in [-0.2, 0) is 0 Å². The predicted molar refractivity (Wildman–Crippen MR) is 59.3 cm³/mol. The minimum absolute atomic E-state index is 0.104. The fraction of sp³-hybridized carbons (Fsp3) is 0.167. The van der Waals surface area contributed by atoms with E-state index >= 15 is 0 Å². The van der Waals surface area contributed by atoms with E-state index in [-0.39, 0.29) is 17.1 Å². The first-order chi connectivity index (χ1) is 8.13. The average Bonchev–Trinajstić information content (AvgIpc) is 2.81. The van der Waals surface area contributed by atoms with E-state index < -0.39 is 17.0 Å². The molecule has 0 N–H and O–H groups in total. The highest BCUT2D eigenvalue weighted by molar-refractivity contribution is 6.22. The molecule has 0 radical (unpaired) electrons. The number of halogens is 3. The van der Waals surface area contributed by atoms with Crippen molar-refractivity contribution in [3.8, 4) is 5.75 Å². The van der Waals surface area contributed by atoms with Crippen LogP contribution >= 0.6 is 11.6 Å². The maximum absolute atomic E-state index is 13.7. The van der Waals surface area contributed by atoms with Gasteiger partial charge in [0, 0.05) is 17.7 Å². The summed E-state index contributed by atoms with van der Waals surface area (Å²) in [7, 11) is 1.33. The molecule has 2 aromatic rings. The van der Waals surface area contributed by atoms with Crippen molar-refractivity contribution in [3.05, 3.63) is 53.5 Å². The van der Waals surface area contributed by atoms with Crippen LogP contribution < -0.4 is 4.74 Å². The van der Waals surface area contributed by atoms with Gasteiger partial charge in [0.15, 0.2) is 0 Å². The molecule has 0 spiro atoms. The Kier molecular flexibility index (Phi) is 3.33. The molecule has 90 valence electrons. The van der Waals surface area contributed by atoms with E-state index in [0.717, 1.165) is 12.1 Å². The lowest BCUT2D eigenvalue weighted by atomic mass is 10.1. The number of methoxy groups -OCH3 is 1. The maximum atomic E-state index is 13.7. The van der Waals surface area contributed by atoms with Crippen molar-refractivity contribution in [1.82, 2.24) is 0 Å². The average molecular weight is 259 g/mol. The first-order valence-corrected chi connectivity index (χ1v) is 5.27. The van der Waals surface area contributed by atoms with Crippen molar-refractivity contribution in [1.29, 1.82) is 0 Å². The Morgan fingerprint density at radius 2 is 1.94 bits per heavy atom. The van der Waals surface area contributed by atoms with Gasteiger partial charge < -0.3 is 9.15 Å². The molecule has 2 rings (SSSR count). The Labute approximate surface area is 102 Å². The summed E-state index contributed by atoms with van der Waals surface area (Å²) >= 11 is 5.96. The molecule has 1 heterocycles. The molecule has 0 fully saturated rings. The monoisotopic (exact) mass is 258 g/mol. The molecule has 1 atom stereocenters. The van der Waals surface area contributed by atoms with Crippen LogP contribution in [0.4, 0.5) is 8.78 Å². The van der Waals surface area contributed by atoms with Gasteiger partial charge in [0.25, 0.3) is 0 Å². The van der Waals surface area contributed by atoms with E-state index in [0.29, 0.717) is 0 Å². The molecule has 0 amide bonds. The number of hydrogen-bond acceptors (Lipinski definition) is 2. The second kappa shape index (κ2) is 4.75. The minimum Gasteiger partial charge on any atom is -0.497 e. The summed E-state index contributed by atoms with van der Waals surface area (Å²) in [5, 5.41) is -1.00. The summed E-state index contributed by atoms with van der Waals surface area (Å²) in [5.74, 6) is -1.14. The smallest absolute Gasteiger partial charge is 0.134 e. The molecule has 0 aliphatic carbocycles. The molecule has 0 aliphatic rings. The Balaban J connectivity index is 2.45. The molecular formula is C12H9ClF2O2. The second-order valence-corrected chi connectivity index (χ2v) is 3.82. The van der Waals surface area contributed by atoms with Gasteiger partial charge in [-0.25, -0.2) is 8.78 Å². The summed E-state index contributed by atoms with van der Waals surface area (Å²) in [6.45, 7) is 0. The molecule has 0 saturated heterocycles. The molecule has 1 aromatic heterocycles. The zero-order valence-corrected chi connectivity index (χ0v) is 9.67. The van der Waals surface area contributed by atoms with Gasteiger partial charge >= 0.3 is 0 Å². The van der Waals surface area contributed by atoms with Gasteiger partial charge in [0.1, 0.15) is 28.5 Å². The predicted octanol–water partition coefficient (Wildman–Crippen LogP) is 3.89. The minimum atomic E-state index is -1.00. The largest absolute Gasteiger partial charge is 0.497 e. The van der Waals surface area contributed by atoms with Gasteiger partial charge in [-0.1, -0.05) is 0 Å². The van der Waals surface area contributed by atoms with E-state index in [1.165, 1.54) is 13.4 Å². The van der Waals surface area contributed by atoms with Gasteiger partial charge in [-0.15, -0.1) is 11.6 Å². The van der Waals surface area contributed by atoms with Crippen LogP contribution in [-0.4, -0.2) is 7.11 Å². The summed E-state index contributed by atoms with van der Waals surface area (Å²) in [4.78, 5) is 0. The fourth-order valence-electron chi connectivity index (χ4n) is 1.50. The van der Waals surface area contributed by atoms with Crippen molar-refractivity contribution >= 4 is 11.6 Å². The zero-order chi connectivity index (χ0) is 12.4. The first kappa shape index (κ1) is 11.9. The Morgan fingerprint density at radius 3 is 2.41 bits per heavy atom. The number of alkyl halides is 1. The van der Waals surface area contributed by atoms with Crippen molar-refractivity contribution < 1.29 is 17.9 Å². The quantitative estimate of drug-likeness (QED) is 0.779. The van der Waals surface area contributed by atoms with Crippen LogP contribution in [0, 0.1) is 11.6 Å². The number of rotatable bonds is 3. The summed E-state index contributed by atoms with van der Waals surface area (Å²) < 4.78 is 37.2. The molecular weight excluding hydrogens is 250 g/mol. The van der Waals surface area contributed by atoms with Crippen molar-refractivity contribution in [2.75, 3.05) is 7.11 Å². The normalized spacial score (nSPS) is 12.5. The molecule has 0 bridgehead atoms. The topological polar surface area (TPSA) is 22.4 Å². The van der Waals surface area contributed by atoms with Crippen LogP contribution in [0.25, 0.3) is 0 Å². The molecule has 17 heavy (non-hydrogen) atoms. The lowest BCUT2D eigenvalue weighted by Crippen LogP contribution is -2.01. The summed E-state index contributed by atoms with van der Waals surface area (Å²) in [5.41, 5.74) is -0.248. The van der Waals surface area contributed by atoms with E-state index in [2.05, 4.69) is 0 Å². The van der Waals surface area contributed by atoms with Crippen LogP contribution in [0.2, 0.25) is 0 Å². The Morgan fingerprint density at radius 1 is 1.29 bits per heavy atom. The number of furan rings is 1. The van der Waals surface area contributed by atoms with E-state index in [4.69, 9.17) is 20.8 Å². The Hall–Kier alpha value is -1.55. The van der Waals surface area contributed by atoms with Gasteiger partial charge in [0.2, 0.25) is 0 Å². The van der Waals surface area contributed by atoms with Crippen LogP contribution in [0.5, 0.6) is 5.75 Å². The highest BCUT2D eigenvalue weighted by Crippen LogP contribution is 2.34. The fourth-order valence-corrected chi connectivity index (χ4v) is 1.83. The third-order valence-corrected chi connectivity index (χ3v) is 2.77. The highest BCUT2D eigenvalue weighted by Gasteiger charge is 2.23. The molecule has 1 aromatic carbocycles. The molecule has 5 heteroatoms. The van der Waals surface area contributed by atoms with Crippen molar-refractivity contribution in [2.24, 2.45) is 0 Å². The van der Waals surface area contributed by atoms with Crippen LogP contribution in [0.3, 0.4) is 0 Å². The molecule has 1 unspecified atom stereocenters. The SMILES string of the molecule is COc1cc(F)c(C(Cl)c2ccco2)c(F)c1. The van der Waals surface area contributed by atoms with Gasteiger partial charge in [-0.2, -0.15) is 0 Å². The summed E-state index contributed by atoms with van der Waals surface area (Å²) in [6, 6.07) is 5.32. The van der Waals surface area contributed by atoms with Gasteiger partial charge in [-0.05, 0) is 12.1 Å². The number of ether oxygens (including phenoxy) is 1. The zero-order valence-electron chi connectivity index (χ0n) is 8.91. The lowest BCUT2D eigenvalue weighted by molar-refractivity contribution is 0.404. The van der Waals surface area contributed by atoms with E-state index in [9.17, 15) is 8.78 Å². The van der Waals surface area contributed by atoms with Crippen LogP contribution in [0.1, 0.15) is 16.7 Å². The molecule has 0 saturated carbocycles. The van der Waals surface area contributed by atoms with Crippen LogP contribution in [0.15, 0.2) is 34.9 Å². The standard InChI is InChI=1S/C12H9ClF2O2/c1-16-7-5-8(14)11(9(15)6-7)12(13)10-3-2-4-17-10/h2-6,12H,1H3. The number of benzene rings is 1. The maximum Gasteiger partial charge on any atom is 0.134 e. The molecule has 2 nitrogen and oxygen atoms in total. The third-order valence-electron chi connectivity index (χ3n) is 2.33. The lowest BCUT2D eigenvalue weighted by Gasteiger charge is -2.11. The number of hydrogen-bond donors (Lipinski definition) is 0. The van der Waals surface area contributed by atoms with Crippen molar-refractivity contribution in [3.63, 3.8) is 0 Å². The van der Waals surface area contributed by atoms with Crippen molar-refractivity contribution in [2.45, 2.75) is 5.38 Å². The third kappa shape index (κ3) is 2.26. The van der Waals surface area contributed by atoms with Gasteiger partial charge in [0.05, 0.1) is 13.4 Å². The summed E-state index contributed by atoms with van der Waals surface area (Å²) in [6.07, 6.45) is 1.39. The first-order valence-electron chi connectivity index (χ1n) is 4.84. The van der Waals surface area contributed by atoms with Gasteiger partial charge in [-0.3, -0.25) is 0 Å². The van der Waals surface area contributed by atoms with E-state index in [1.54, 1.807) is 12.1 Å².